The van der Waals surface area contributed by atoms with Gasteiger partial charge in [-0.1, -0.05) is 0 Å². The number of carbonyl (C=O) groups is 2. The van der Waals surface area contributed by atoms with E-state index in [9.17, 15) is 9.59 Å². The predicted octanol–water partition coefficient (Wildman–Crippen LogP) is -0.260. The molecular weight excluding hydrogens is 248 g/mol. The monoisotopic (exact) mass is 258 g/mol. The van der Waals surface area contributed by atoms with Crippen molar-refractivity contribution in [2.75, 3.05) is 13.6 Å². The first-order valence-corrected chi connectivity index (χ1v) is 4.63. The highest BCUT2D eigenvalue weighted by atomic mass is 16.6. The molecule has 1 aromatic carbocycles. The van der Waals surface area contributed by atoms with Crippen LogP contribution < -0.4 is 9.47 Å². The highest BCUT2D eigenvalue weighted by Crippen LogP contribution is 2.31. The molecule has 0 atom stereocenters. The average Bonchev–Trinajstić information content (AvgIpc) is 2.30. The maximum Gasteiger partial charge on any atom is 0.336 e. The lowest BCUT2D eigenvalue weighted by atomic mass is 10.1. The van der Waals surface area contributed by atoms with Crippen LogP contribution in [-0.4, -0.2) is 46.0 Å². The molecule has 0 unspecified atom stereocenters. The Kier molecular flexibility index (Phi) is 4.46. The summed E-state index contributed by atoms with van der Waals surface area (Å²) in [6.45, 7) is -1.51. The summed E-state index contributed by atoms with van der Waals surface area (Å²) in [6, 6.07) is 1.79. The van der Waals surface area contributed by atoms with Crippen molar-refractivity contribution in [3.8, 4) is 11.5 Å². The van der Waals surface area contributed by atoms with Gasteiger partial charge >= 0.3 is 11.9 Å². The van der Waals surface area contributed by atoms with Gasteiger partial charge in [0.25, 0.3) is 0 Å². The van der Waals surface area contributed by atoms with E-state index in [1.54, 1.807) is 0 Å². The van der Waals surface area contributed by atoms with Gasteiger partial charge in [0.05, 0.1) is 11.1 Å². The van der Waals surface area contributed by atoms with Crippen LogP contribution in [0.1, 0.15) is 20.7 Å². The molecule has 8 heteroatoms. The first kappa shape index (κ1) is 13.7. The van der Waals surface area contributed by atoms with Gasteiger partial charge in [-0.05, 0) is 12.1 Å². The first-order chi connectivity index (χ1) is 8.51. The van der Waals surface area contributed by atoms with Crippen molar-refractivity contribution < 1.29 is 39.5 Å². The lowest BCUT2D eigenvalue weighted by Gasteiger charge is -2.12. The van der Waals surface area contributed by atoms with Crippen LogP contribution in [0, 0.1) is 0 Å². The Morgan fingerprint density at radius 2 is 1.22 bits per heavy atom. The van der Waals surface area contributed by atoms with E-state index in [2.05, 4.69) is 9.47 Å². The molecule has 98 valence electrons. The van der Waals surface area contributed by atoms with Gasteiger partial charge in [0, 0.05) is 0 Å². The number of aliphatic hydroxyl groups excluding tert-OH is 2. The Balaban J connectivity index is 3.39. The fourth-order valence-corrected chi connectivity index (χ4v) is 1.28. The Labute approximate surface area is 101 Å². The van der Waals surface area contributed by atoms with E-state index in [0.29, 0.717) is 0 Å². The second kappa shape index (κ2) is 5.84. The van der Waals surface area contributed by atoms with E-state index in [-0.39, 0.29) is 11.5 Å². The number of carboxylic acids is 2. The molecular formula is C10H10O8. The van der Waals surface area contributed by atoms with Crippen molar-refractivity contribution in [3.63, 3.8) is 0 Å². The molecule has 0 spiro atoms. The molecule has 8 nitrogen and oxygen atoms in total. The second-order valence-corrected chi connectivity index (χ2v) is 3.00. The Hall–Kier alpha value is -2.32. The first-order valence-electron chi connectivity index (χ1n) is 4.63. The summed E-state index contributed by atoms with van der Waals surface area (Å²) < 4.78 is 9.36. The van der Waals surface area contributed by atoms with Crippen molar-refractivity contribution in [2.24, 2.45) is 0 Å². The zero-order valence-corrected chi connectivity index (χ0v) is 8.99. The molecule has 0 amide bonds. The quantitative estimate of drug-likeness (QED) is 0.513. The molecule has 1 aromatic rings. The third-order valence-corrected chi connectivity index (χ3v) is 1.98. The van der Waals surface area contributed by atoms with E-state index in [1.807, 2.05) is 0 Å². The third kappa shape index (κ3) is 2.87. The van der Waals surface area contributed by atoms with Gasteiger partial charge in [-0.3, -0.25) is 0 Å². The van der Waals surface area contributed by atoms with E-state index in [1.165, 1.54) is 0 Å². The molecule has 1 rings (SSSR count). The van der Waals surface area contributed by atoms with Crippen molar-refractivity contribution >= 4 is 11.9 Å². The number of ether oxygens (including phenoxy) is 2. The Morgan fingerprint density at radius 1 is 0.889 bits per heavy atom. The number of hydrogen-bond donors (Lipinski definition) is 4. The number of aromatic carboxylic acids is 2. The number of rotatable bonds is 6. The molecule has 0 fully saturated rings. The molecule has 0 aliphatic carbocycles. The smallest absolute Gasteiger partial charge is 0.336 e. The number of carboxylic acid groups (broad SMARTS) is 2. The maximum absolute atomic E-state index is 10.9. The lowest BCUT2D eigenvalue weighted by molar-refractivity contribution is 0.0638. The Bertz CT molecular complexity index is 424. The SMILES string of the molecule is O=C(O)c1cc(OCO)c(OCO)cc1C(=O)O. The fourth-order valence-electron chi connectivity index (χ4n) is 1.28. The minimum Gasteiger partial charge on any atom is -0.478 e. The predicted molar refractivity (Wildman–Crippen MR) is 55.8 cm³/mol. The standard InChI is InChI=1S/C10H10O8/c11-3-17-7-1-5(9(13)14)6(10(15)16)2-8(7)18-4-12/h1-2,11-12H,3-4H2,(H,13,14)(H,15,16). The summed E-state index contributed by atoms with van der Waals surface area (Å²) in [5, 5.41) is 34.9. The molecule has 0 radical (unpaired) electrons. The van der Waals surface area contributed by atoms with Gasteiger partial charge in [-0.25, -0.2) is 9.59 Å². The zero-order chi connectivity index (χ0) is 13.7. The van der Waals surface area contributed by atoms with Crippen LogP contribution in [0.2, 0.25) is 0 Å². The summed E-state index contributed by atoms with van der Waals surface area (Å²) >= 11 is 0. The van der Waals surface area contributed by atoms with Gasteiger partial charge < -0.3 is 29.9 Å². The van der Waals surface area contributed by atoms with Crippen LogP contribution in [0.25, 0.3) is 0 Å². The van der Waals surface area contributed by atoms with Gasteiger partial charge in [-0.15, -0.1) is 0 Å². The van der Waals surface area contributed by atoms with Crippen molar-refractivity contribution in [1.82, 2.24) is 0 Å². The minimum atomic E-state index is -1.47. The summed E-state index contributed by atoms with van der Waals surface area (Å²) in [7, 11) is 0. The second-order valence-electron chi connectivity index (χ2n) is 3.00. The summed E-state index contributed by atoms with van der Waals surface area (Å²) in [5.74, 6) is -3.31. The Morgan fingerprint density at radius 3 is 1.44 bits per heavy atom. The van der Waals surface area contributed by atoms with Crippen LogP contribution in [-0.2, 0) is 0 Å². The highest BCUT2D eigenvalue weighted by Gasteiger charge is 2.21. The molecule has 0 bridgehead atoms. The van der Waals surface area contributed by atoms with E-state index >= 15 is 0 Å². The normalized spacial score (nSPS) is 9.89. The van der Waals surface area contributed by atoms with E-state index < -0.39 is 36.7 Å². The topological polar surface area (TPSA) is 134 Å². The number of hydrogen-bond acceptors (Lipinski definition) is 6. The summed E-state index contributed by atoms with van der Waals surface area (Å²) in [6.07, 6.45) is 0. The van der Waals surface area contributed by atoms with E-state index in [0.717, 1.165) is 12.1 Å². The van der Waals surface area contributed by atoms with Crippen LogP contribution in [0.3, 0.4) is 0 Å². The molecule has 0 aromatic heterocycles. The van der Waals surface area contributed by atoms with Crippen molar-refractivity contribution in [2.45, 2.75) is 0 Å². The number of benzene rings is 1. The van der Waals surface area contributed by atoms with Gasteiger partial charge in [0.15, 0.2) is 25.1 Å². The highest BCUT2D eigenvalue weighted by molar-refractivity contribution is 6.02. The lowest BCUT2D eigenvalue weighted by Crippen LogP contribution is -2.10. The molecule has 0 saturated carbocycles. The fraction of sp³-hybridized carbons (Fsp3) is 0.200. The van der Waals surface area contributed by atoms with Gasteiger partial charge in [0.1, 0.15) is 0 Å². The molecule has 0 aliphatic rings. The zero-order valence-electron chi connectivity index (χ0n) is 8.99. The van der Waals surface area contributed by atoms with E-state index in [4.69, 9.17) is 20.4 Å². The third-order valence-electron chi connectivity index (χ3n) is 1.98. The van der Waals surface area contributed by atoms with Crippen LogP contribution >= 0.6 is 0 Å². The molecule has 0 saturated heterocycles. The molecule has 4 N–H and O–H groups in total. The largest absolute Gasteiger partial charge is 0.478 e. The average molecular weight is 258 g/mol. The van der Waals surface area contributed by atoms with Gasteiger partial charge in [-0.2, -0.15) is 0 Å². The van der Waals surface area contributed by atoms with Crippen LogP contribution in [0.4, 0.5) is 0 Å². The summed E-state index contributed by atoms with van der Waals surface area (Å²) in [5.41, 5.74) is -1.03. The number of aliphatic hydroxyl groups is 2. The maximum atomic E-state index is 10.9. The molecule has 0 aliphatic heterocycles. The summed E-state index contributed by atoms with van der Waals surface area (Å²) in [4.78, 5) is 21.8. The molecule has 0 heterocycles. The van der Waals surface area contributed by atoms with Crippen LogP contribution in [0.5, 0.6) is 11.5 Å². The van der Waals surface area contributed by atoms with Crippen molar-refractivity contribution in [1.29, 1.82) is 0 Å². The van der Waals surface area contributed by atoms with Gasteiger partial charge in [0.2, 0.25) is 0 Å². The minimum absolute atomic E-state index is 0.186. The van der Waals surface area contributed by atoms with Crippen LogP contribution in [0.15, 0.2) is 12.1 Å². The van der Waals surface area contributed by atoms with Crippen molar-refractivity contribution in [3.05, 3.63) is 23.3 Å². The molecule has 18 heavy (non-hydrogen) atoms.